The van der Waals surface area contributed by atoms with Crippen LogP contribution in [0.4, 0.5) is 5.69 Å². The van der Waals surface area contributed by atoms with Crippen LogP contribution in [-0.4, -0.2) is 24.2 Å². The lowest BCUT2D eigenvalue weighted by Gasteiger charge is -2.24. The van der Waals surface area contributed by atoms with Crippen LogP contribution in [0.1, 0.15) is 31.9 Å². The van der Waals surface area contributed by atoms with Crippen LogP contribution in [0.15, 0.2) is 53.4 Å². The Hall–Kier alpha value is -1.49. The number of amides is 1. The first kappa shape index (κ1) is 18.3. The first-order valence-electron chi connectivity index (χ1n) is 8.59. The quantitative estimate of drug-likeness (QED) is 0.825. The van der Waals surface area contributed by atoms with E-state index in [1.807, 2.05) is 59.1 Å². The molecular formula is C20H23ClN2OS. The van der Waals surface area contributed by atoms with E-state index >= 15 is 0 Å². The van der Waals surface area contributed by atoms with Gasteiger partial charge in [0.05, 0.1) is 12.2 Å². The Bertz CT molecular complexity index is 735. The zero-order valence-corrected chi connectivity index (χ0v) is 16.1. The lowest BCUT2D eigenvalue weighted by molar-refractivity contribution is -0.117. The number of nitrogens with zero attached hydrogens (tertiary/aromatic N) is 1. The predicted molar refractivity (Wildman–Crippen MR) is 107 cm³/mol. The van der Waals surface area contributed by atoms with Gasteiger partial charge in [-0.3, -0.25) is 4.79 Å². The van der Waals surface area contributed by atoms with E-state index in [0.717, 1.165) is 29.2 Å². The van der Waals surface area contributed by atoms with Crippen molar-refractivity contribution in [1.29, 1.82) is 0 Å². The number of hydrogen-bond acceptors (Lipinski definition) is 3. The van der Waals surface area contributed by atoms with Crippen molar-refractivity contribution in [1.82, 2.24) is 5.32 Å². The molecule has 0 fully saturated rings. The van der Waals surface area contributed by atoms with Gasteiger partial charge >= 0.3 is 0 Å². The molecule has 1 aliphatic heterocycles. The van der Waals surface area contributed by atoms with E-state index < -0.39 is 0 Å². The number of thioether (sulfide) groups is 1. The van der Waals surface area contributed by atoms with Crippen molar-refractivity contribution in [2.45, 2.75) is 36.5 Å². The summed E-state index contributed by atoms with van der Waals surface area (Å²) in [5.74, 6) is 0.114. The molecule has 1 aliphatic rings. The highest BCUT2D eigenvalue weighted by molar-refractivity contribution is 8.00. The molecule has 5 heteroatoms. The second-order valence-electron chi connectivity index (χ2n) is 6.38. The van der Waals surface area contributed by atoms with E-state index in [9.17, 15) is 4.79 Å². The maximum atomic E-state index is 12.8. The predicted octanol–water partition coefficient (Wildman–Crippen LogP) is 4.91. The summed E-state index contributed by atoms with van der Waals surface area (Å²) in [6.45, 7) is 5.36. The molecule has 25 heavy (non-hydrogen) atoms. The minimum Gasteiger partial charge on any atom is -0.310 e. The Balaban J connectivity index is 1.67. The number of hydrogen-bond donors (Lipinski definition) is 1. The van der Waals surface area contributed by atoms with Crippen LogP contribution >= 0.6 is 23.4 Å². The molecular weight excluding hydrogens is 352 g/mol. The zero-order valence-electron chi connectivity index (χ0n) is 14.5. The maximum Gasteiger partial charge on any atom is 0.240 e. The highest BCUT2D eigenvalue weighted by atomic mass is 35.5. The Labute approximate surface area is 158 Å². The molecule has 0 aromatic heterocycles. The number of halogens is 1. The summed E-state index contributed by atoms with van der Waals surface area (Å²) in [5.41, 5.74) is 2.15. The minimum atomic E-state index is 0.0942. The lowest BCUT2D eigenvalue weighted by atomic mass is 10.1. The van der Waals surface area contributed by atoms with Gasteiger partial charge in [0.25, 0.3) is 0 Å². The third-order valence-corrected chi connectivity index (χ3v) is 5.96. The van der Waals surface area contributed by atoms with Crippen LogP contribution in [0.25, 0.3) is 0 Å². The van der Waals surface area contributed by atoms with Crippen molar-refractivity contribution in [3.05, 3.63) is 59.1 Å². The lowest BCUT2D eigenvalue weighted by Crippen LogP contribution is -2.39. The molecule has 0 saturated heterocycles. The van der Waals surface area contributed by atoms with Crippen LogP contribution < -0.4 is 10.2 Å². The number of carbonyl (C=O) groups is 1. The number of fused-ring (bicyclic) bond motifs is 1. The first-order chi connectivity index (χ1) is 12.0. The van der Waals surface area contributed by atoms with E-state index in [0.29, 0.717) is 11.8 Å². The molecule has 2 atom stereocenters. The number of rotatable bonds is 4. The van der Waals surface area contributed by atoms with Crippen LogP contribution in [0.2, 0.25) is 5.02 Å². The summed E-state index contributed by atoms with van der Waals surface area (Å²) < 4.78 is 0. The van der Waals surface area contributed by atoms with Gasteiger partial charge in [-0.2, -0.15) is 0 Å². The van der Waals surface area contributed by atoms with Gasteiger partial charge in [0.15, 0.2) is 0 Å². The van der Waals surface area contributed by atoms with Crippen molar-refractivity contribution in [3.63, 3.8) is 0 Å². The fourth-order valence-corrected chi connectivity index (χ4v) is 4.19. The van der Waals surface area contributed by atoms with E-state index in [1.165, 1.54) is 4.90 Å². The minimum absolute atomic E-state index is 0.0942. The number of para-hydroxylation sites is 1. The van der Waals surface area contributed by atoms with Crippen LogP contribution in [-0.2, 0) is 4.79 Å². The molecule has 3 rings (SSSR count). The van der Waals surface area contributed by atoms with Gasteiger partial charge in [-0.05, 0) is 43.2 Å². The SMILES string of the molecule is CC1CCN(C(=O)CNC(C)c2ccc(Cl)cc2)c2ccccc2S1. The fraction of sp³-hybridized carbons (Fsp3) is 0.350. The van der Waals surface area contributed by atoms with E-state index in [4.69, 9.17) is 11.6 Å². The number of benzene rings is 2. The third-order valence-electron chi connectivity index (χ3n) is 4.47. The van der Waals surface area contributed by atoms with Crippen molar-refractivity contribution >= 4 is 35.0 Å². The average molecular weight is 375 g/mol. The topological polar surface area (TPSA) is 32.3 Å². The Morgan fingerprint density at radius 2 is 2.00 bits per heavy atom. The molecule has 2 unspecified atom stereocenters. The van der Waals surface area contributed by atoms with Gasteiger partial charge in [-0.1, -0.05) is 42.8 Å². The molecule has 3 nitrogen and oxygen atoms in total. The second kappa shape index (κ2) is 8.26. The van der Waals surface area contributed by atoms with Crippen molar-refractivity contribution in [2.75, 3.05) is 18.0 Å². The first-order valence-corrected chi connectivity index (χ1v) is 9.85. The molecule has 1 N–H and O–H groups in total. The van der Waals surface area contributed by atoms with E-state index in [2.05, 4.69) is 25.2 Å². The number of nitrogens with one attached hydrogen (secondary N) is 1. The fourth-order valence-electron chi connectivity index (χ4n) is 2.95. The molecule has 0 radical (unpaired) electrons. The maximum absolute atomic E-state index is 12.8. The van der Waals surface area contributed by atoms with Gasteiger partial charge in [-0.25, -0.2) is 0 Å². The standard InChI is InChI=1S/C20H23ClN2OS/c1-14-11-12-23(18-5-3-4-6-19(18)25-14)20(24)13-22-15(2)16-7-9-17(21)10-8-16/h3-10,14-15,22H,11-13H2,1-2H3. The third kappa shape index (κ3) is 4.57. The van der Waals surface area contributed by atoms with Gasteiger partial charge in [0.1, 0.15) is 0 Å². The zero-order chi connectivity index (χ0) is 17.8. The molecule has 2 aromatic rings. The van der Waals surface area contributed by atoms with Gasteiger partial charge in [-0.15, -0.1) is 11.8 Å². The summed E-state index contributed by atoms with van der Waals surface area (Å²) in [6.07, 6.45) is 0.998. The monoisotopic (exact) mass is 374 g/mol. The number of anilines is 1. The van der Waals surface area contributed by atoms with Crippen molar-refractivity contribution in [2.24, 2.45) is 0 Å². The van der Waals surface area contributed by atoms with Crippen LogP contribution in [0, 0.1) is 0 Å². The highest BCUT2D eigenvalue weighted by Crippen LogP contribution is 2.37. The Morgan fingerprint density at radius 1 is 1.28 bits per heavy atom. The van der Waals surface area contributed by atoms with E-state index in [1.54, 1.807) is 0 Å². The summed E-state index contributed by atoms with van der Waals surface area (Å²) in [5, 5.41) is 4.57. The largest absolute Gasteiger partial charge is 0.310 e. The molecule has 1 amide bonds. The van der Waals surface area contributed by atoms with E-state index in [-0.39, 0.29) is 11.9 Å². The molecule has 0 aliphatic carbocycles. The Morgan fingerprint density at radius 3 is 2.76 bits per heavy atom. The molecule has 0 spiro atoms. The van der Waals surface area contributed by atoms with Crippen LogP contribution in [0.3, 0.4) is 0 Å². The highest BCUT2D eigenvalue weighted by Gasteiger charge is 2.24. The van der Waals surface area contributed by atoms with Gasteiger partial charge in [0.2, 0.25) is 5.91 Å². The summed E-state index contributed by atoms with van der Waals surface area (Å²) >= 11 is 7.79. The molecule has 132 valence electrons. The molecule has 1 heterocycles. The average Bonchev–Trinajstić information content (AvgIpc) is 2.78. The van der Waals surface area contributed by atoms with Crippen molar-refractivity contribution in [3.8, 4) is 0 Å². The summed E-state index contributed by atoms with van der Waals surface area (Å²) in [6, 6.07) is 16.0. The van der Waals surface area contributed by atoms with Gasteiger partial charge in [0, 0.05) is 27.8 Å². The van der Waals surface area contributed by atoms with Gasteiger partial charge < -0.3 is 10.2 Å². The van der Waals surface area contributed by atoms with Crippen molar-refractivity contribution < 1.29 is 4.79 Å². The summed E-state index contributed by atoms with van der Waals surface area (Å²) in [7, 11) is 0. The Kier molecular flexibility index (Phi) is 6.05. The normalized spacial score (nSPS) is 18.4. The van der Waals surface area contributed by atoms with Crippen LogP contribution in [0.5, 0.6) is 0 Å². The molecule has 0 saturated carbocycles. The number of carbonyl (C=O) groups excluding carboxylic acids is 1. The smallest absolute Gasteiger partial charge is 0.240 e. The molecule has 0 bridgehead atoms. The second-order valence-corrected chi connectivity index (χ2v) is 8.30. The summed E-state index contributed by atoms with van der Waals surface area (Å²) in [4.78, 5) is 16.0. The molecule has 2 aromatic carbocycles.